The molecule has 66 valence electrons. The van der Waals surface area contributed by atoms with Gasteiger partial charge >= 0.3 is 0 Å². The number of benzene rings is 2. The summed E-state index contributed by atoms with van der Waals surface area (Å²) in [6.45, 7) is 1.77. The van der Waals surface area contributed by atoms with Crippen LogP contribution in [0.4, 0.5) is 4.39 Å². The molecule has 13 heavy (non-hydrogen) atoms. The lowest BCUT2D eigenvalue weighted by atomic mass is 10.1. The van der Waals surface area contributed by atoms with Gasteiger partial charge in [0.15, 0.2) is 0 Å². The molecule has 0 radical (unpaired) electrons. The van der Waals surface area contributed by atoms with Crippen LogP contribution in [0.25, 0.3) is 10.8 Å². The van der Waals surface area contributed by atoms with Gasteiger partial charge in [0.1, 0.15) is 5.82 Å². The summed E-state index contributed by atoms with van der Waals surface area (Å²) < 4.78 is 14.5. The lowest BCUT2D eigenvalue weighted by molar-refractivity contribution is 0.630. The average molecular weight is 239 g/mol. The normalized spacial score (nSPS) is 10.7. The van der Waals surface area contributed by atoms with Crippen molar-refractivity contribution in [1.29, 1.82) is 0 Å². The molecule has 0 spiro atoms. The Balaban J connectivity index is 2.97. The van der Waals surface area contributed by atoms with Crippen LogP contribution in [-0.4, -0.2) is 0 Å². The number of aryl methyl sites for hydroxylation is 1. The second-order valence-corrected chi connectivity index (χ2v) is 3.89. The van der Waals surface area contributed by atoms with Crippen LogP contribution >= 0.6 is 15.9 Å². The molecular formula is C11H8BrF. The standard InChI is InChI=1S/C11H8BrF/c1-7-6-10(12)8-4-2-3-5-9(8)11(7)13/h2-6H,1H3. The Morgan fingerprint density at radius 1 is 1.15 bits per heavy atom. The molecule has 0 bridgehead atoms. The highest BCUT2D eigenvalue weighted by Gasteiger charge is 2.06. The highest BCUT2D eigenvalue weighted by molar-refractivity contribution is 9.10. The van der Waals surface area contributed by atoms with E-state index in [1.165, 1.54) is 0 Å². The Morgan fingerprint density at radius 3 is 2.46 bits per heavy atom. The summed E-state index contributed by atoms with van der Waals surface area (Å²) in [5.41, 5.74) is 0.672. The van der Waals surface area contributed by atoms with Crippen molar-refractivity contribution in [3.05, 3.63) is 46.2 Å². The average Bonchev–Trinajstić information content (AvgIpc) is 2.15. The topological polar surface area (TPSA) is 0 Å². The first-order valence-electron chi connectivity index (χ1n) is 4.03. The zero-order valence-electron chi connectivity index (χ0n) is 7.14. The fourth-order valence-corrected chi connectivity index (χ4v) is 2.12. The summed E-state index contributed by atoms with van der Waals surface area (Å²) in [7, 11) is 0. The SMILES string of the molecule is Cc1cc(Br)c2ccccc2c1F. The Kier molecular flexibility index (Phi) is 2.08. The van der Waals surface area contributed by atoms with E-state index in [2.05, 4.69) is 15.9 Å². The van der Waals surface area contributed by atoms with Gasteiger partial charge in [0.25, 0.3) is 0 Å². The number of halogens is 2. The van der Waals surface area contributed by atoms with Crippen molar-refractivity contribution in [1.82, 2.24) is 0 Å². The Bertz CT molecular complexity index is 463. The van der Waals surface area contributed by atoms with Crippen molar-refractivity contribution in [2.24, 2.45) is 0 Å². The Morgan fingerprint density at radius 2 is 1.77 bits per heavy atom. The molecule has 2 aromatic carbocycles. The predicted molar refractivity (Wildman–Crippen MR) is 56.3 cm³/mol. The van der Waals surface area contributed by atoms with Gasteiger partial charge in [0.05, 0.1) is 0 Å². The van der Waals surface area contributed by atoms with Crippen LogP contribution < -0.4 is 0 Å². The van der Waals surface area contributed by atoms with Crippen molar-refractivity contribution in [2.75, 3.05) is 0 Å². The molecule has 0 atom stereocenters. The van der Waals surface area contributed by atoms with Crippen molar-refractivity contribution in [3.63, 3.8) is 0 Å². The van der Waals surface area contributed by atoms with E-state index in [-0.39, 0.29) is 5.82 Å². The van der Waals surface area contributed by atoms with Crippen LogP contribution in [0.15, 0.2) is 34.8 Å². The van der Waals surface area contributed by atoms with E-state index in [1.54, 1.807) is 19.1 Å². The van der Waals surface area contributed by atoms with Gasteiger partial charge in [0, 0.05) is 9.86 Å². The van der Waals surface area contributed by atoms with Gasteiger partial charge in [-0.1, -0.05) is 40.2 Å². The van der Waals surface area contributed by atoms with Gasteiger partial charge in [-0.05, 0) is 23.9 Å². The minimum absolute atomic E-state index is 0.126. The lowest BCUT2D eigenvalue weighted by Gasteiger charge is -2.04. The quantitative estimate of drug-likeness (QED) is 0.650. The molecule has 2 rings (SSSR count). The molecule has 0 aliphatic heterocycles. The third-order valence-corrected chi connectivity index (χ3v) is 2.77. The van der Waals surface area contributed by atoms with Crippen LogP contribution in [0.5, 0.6) is 0 Å². The molecule has 0 fully saturated rings. The van der Waals surface area contributed by atoms with Gasteiger partial charge in [-0.15, -0.1) is 0 Å². The zero-order chi connectivity index (χ0) is 9.42. The second-order valence-electron chi connectivity index (χ2n) is 3.03. The van der Waals surface area contributed by atoms with E-state index >= 15 is 0 Å². The van der Waals surface area contributed by atoms with Gasteiger partial charge < -0.3 is 0 Å². The smallest absolute Gasteiger partial charge is 0.134 e. The van der Waals surface area contributed by atoms with Crippen molar-refractivity contribution in [2.45, 2.75) is 6.92 Å². The lowest BCUT2D eigenvalue weighted by Crippen LogP contribution is -1.85. The van der Waals surface area contributed by atoms with E-state index in [1.807, 2.05) is 18.2 Å². The maximum absolute atomic E-state index is 13.6. The third-order valence-electron chi connectivity index (χ3n) is 2.11. The molecule has 0 saturated carbocycles. The van der Waals surface area contributed by atoms with Crippen LogP contribution in [0.1, 0.15) is 5.56 Å². The summed E-state index contributed by atoms with van der Waals surface area (Å²) in [4.78, 5) is 0. The molecule has 0 aliphatic carbocycles. The first kappa shape index (κ1) is 8.70. The van der Waals surface area contributed by atoms with Gasteiger partial charge in [-0.3, -0.25) is 0 Å². The molecule has 0 aromatic heterocycles. The zero-order valence-corrected chi connectivity index (χ0v) is 8.73. The molecule has 0 N–H and O–H groups in total. The van der Waals surface area contributed by atoms with E-state index in [0.717, 1.165) is 9.86 Å². The van der Waals surface area contributed by atoms with Crippen molar-refractivity contribution < 1.29 is 4.39 Å². The first-order valence-corrected chi connectivity index (χ1v) is 4.83. The van der Waals surface area contributed by atoms with Crippen LogP contribution in [0, 0.1) is 12.7 Å². The van der Waals surface area contributed by atoms with Crippen LogP contribution in [0.3, 0.4) is 0 Å². The monoisotopic (exact) mass is 238 g/mol. The van der Waals surface area contributed by atoms with E-state index in [4.69, 9.17) is 0 Å². The largest absolute Gasteiger partial charge is 0.206 e. The first-order chi connectivity index (χ1) is 6.20. The second kappa shape index (κ2) is 3.11. The van der Waals surface area contributed by atoms with Crippen molar-refractivity contribution >= 4 is 26.7 Å². The number of hydrogen-bond acceptors (Lipinski definition) is 0. The van der Waals surface area contributed by atoms with Gasteiger partial charge in [0.2, 0.25) is 0 Å². The highest BCUT2D eigenvalue weighted by Crippen LogP contribution is 2.28. The fraction of sp³-hybridized carbons (Fsp3) is 0.0909. The van der Waals surface area contributed by atoms with E-state index in [9.17, 15) is 4.39 Å². The molecule has 0 amide bonds. The fourth-order valence-electron chi connectivity index (χ4n) is 1.43. The molecule has 0 heterocycles. The van der Waals surface area contributed by atoms with Crippen LogP contribution in [0.2, 0.25) is 0 Å². The molecular weight excluding hydrogens is 231 g/mol. The maximum Gasteiger partial charge on any atom is 0.134 e. The summed E-state index contributed by atoms with van der Waals surface area (Å²) in [6, 6.07) is 9.25. The number of fused-ring (bicyclic) bond motifs is 1. The number of hydrogen-bond donors (Lipinski definition) is 0. The van der Waals surface area contributed by atoms with E-state index in [0.29, 0.717) is 10.9 Å². The summed E-state index contributed by atoms with van der Waals surface area (Å²) >= 11 is 3.42. The van der Waals surface area contributed by atoms with Gasteiger partial charge in [-0.2, -0.15) is 0 Å². The molecule has 2 heteroatoms. The predicted octanol–water partition coefficient (Wildman–Crippen LogP) is 4.05. The highest BCUT2D eigenvalue weighted by atomic mass is 79.9. The summed E-state index contributed by atoms with van der Waals surface area (Å²) in [5.74, 6) is -0.126. The molecule has 0 saturated heterocycles. The summed E-state index contributed by atoms with van der Waals surface area (Å²) in [5, 5.41) is 1.60. The van der Waals surface area contributed by atoms with Crippen LogP contribution in [-0.2, 0) is 0 Å². The molecule has 0 aliphatic rings. The Hall–Kier alpha value is -0.890. The van der Waals surface area contributed by atoms with Gasteiger partial charge in [-0.25, -0.2) is 4.39 Å². The molecule has 0 unspecified atom stereocenters. The number of rotatable bonds is 0. The summed E-state index contributed by atoms with van der Waals surface area (Å²) in [6.07, 6.45) is 0. The van der Waals surface area contributed by atoms with E-state index < -0.39 is 0 Å². The minimum Gasteiger partial charge on any atom is -0.206 e. The molecule has 2 aromatic rings. The third kappa shape index (κ3) is 1.35. The van der Waals surface area contributed by atoms with Crippen molar-refractivity contribution in [3.8, 4) is 0 Å². The minimum atomic E-state index is -0.126. The maximum atomic E-state index is 13.6. The molecule has 0 nitrogen and oxygen atoms in total. The Labute approximate surface area is 84.5 Å².